The van der Waals surface area contributed by atoms with E-state index in [0.717, 1.165) is 18.1 Å². The van der Waals surface area contributed by atoms with Gasteiger partial charge in [0.2, 0.25) is 0 Å². The predicted octanol–water partition coefficient (Wildman–Crippen LogP) is 2.84. The van der Waals surface area contributed by atoms with Crippen LogP contribution in [-0.4, -0.2) is 21.6 Å². The Morgan fingerprint density at radius 3 is 1.53 bits per heavy atom. The summed E-state index contributed by atoms with van der Waals surface area (Å²) in [4.78, 5) is 12.3. The third-order valence-electron chi connectivity index (χ3n) is 2.19. The van der Waals surface area contributed by atoms with Crippen molar-refractivity contribution in [2.45, 2.75) is 6.92 Å². The Hall–Kier alpha value is -2.71. The van der Waals surface area contributed by atoms with Crippen molar-refractivity contribution in [2.24, 2.45) is 0 Å². The molecule has 1 N–H and O–H groups in total. The van der Waals surface area contributed by atoms with Crippen LogP contribution in [-0.2, 0) is 4.79 Å². The number of carbonyl (C=O) groups is 1. The Morgan fingerprint density at radius 2 is 1.26 bits per heavy atom. The minimum absolute atomic E-state index is 0.594. The third-order valence-corrected chi connectivity index (χ3v) is 2.19. The zero-order valence-electron chi connectivity index (χ0n) is 10.5. The monoisotopic (exact) mass is 254 g/mol. The molecule has 0 bridgehead atoms. The van der Waals surface area contributed by atoms with Crippen molar-refractivity contribution < 1.29 is 14.7 Å². The second-order valence-electron chi connectivity index (χ2n) is 3.70. The van der Waals surface area contributed by atoms with Gasteiger partial charge in [-0.3, -0.25) is 4.79 Å². The van der Waals surface area contributed by atoms with Crippen molar-refractivity contribution in [3.63, 3.8) is 0 Å². The zero-order valence-corrected chi connectivity index (χ0v) is 10.5. The predicted molar refractivity (Wildman–Crippen MR) is 73.0 cm³/mol. The van der Waals surface area contributed by atoms with E-state index < -0.39 is 5.97 Å². The van der Waals surface area contributed by atoms with Gasteiger partial charge in [0.25, 0.3) is 5.97 Å². The Labute approximate surface area is 111 Å². The Balaban J connectivity index is 0.000000399. The minimum atomic E-state index is -0.833. The van der Waals surface area contributed by atoms with Crippen LogP contribution in [0.25, 0.3) is 5.53 Å². The van der Waals surface area contributed by atoms with E-state index in [4.69, 9.17) is 15.4 Å². The average molecular weight is 254 g/mol. The van der Waals surface area contributed by atoms with Gasteiger partial charge in [0.05, 0.1) is 11.1 Å². The topological polar surface area (TPSA) is 73.7 Å². The quantitative estimate of drug-likeness (QED) is 0.508. The van der Waals surface area contributed by atoms with E-state index in [1.165, 1.54) is 0 Å². The summed E-state index contributed by atoms with van der Waals surface area (Å²) in [7, 11) is 0. The van der Waals surface area contributed by atoms with Crippen LogP contribution in [0.1, 0.15) is 18.1 Å². The molecule has 4 heteroatoms. The number of hydrogen-bond acceptors (Lipinski definition) is 1. The lowest BCUT2D eigenvalue weighted by atomic mass is 10.0. The van der Waals surface area contributed by atoms with Crippen molar-refractivity contribution in [2.75, 3.05) is 0 Å². The van der Waals surface area contributed by atoms with Gasteiger partial charge in [-0.05, 0) is 24.3 Å². The average Bonchev–Trinajstić information content (AvgIpc) is 2.41. The summed E-state index contributed by atoms with van der Waals surface area (Å²) in [5, 5.41) is 7.42. The molecule has 0 aromatic heterocycles. The molecule has 0 spiro atoms. The fourth-order valence-corrected chi connectivity index (χ4v) is 1.47. The number of hydrogen-bond donors (Lipinski definition) is 1. The Morgan fingerprint density at radius 1 is 0.947 bits per heavy atom. The molecule has 0 radical (unpaired) electrons. The van der Waals surface area contributed by atoms with Crippen molar-refractivity contribution >= 4 is 11.7 Å². The smallest absolute Gasteiger partial charge is 0.329 e. The number of nitrogens with zero attached hydrogens (tertiary/aromatic N) is 2. The number of carboxylic acid groups (broad SMARTS) is 1. The second kappa shape index (κ2) is 7.58. The molecule has 19 heavy (non-hydrogen) atoms. The van der Waals surface area contributed by atoms with E-state index >= 15 is 0 Å². The maximum atomic E-state index is 9.02. The van der Waals surface area contributed by atoms with Crippen LogP contribution in [0.4, 0.5) is 0 Å². The first-order valence-corrected chi connectivity index (χ1v) is 5.67. The zero-order chi connectivity index (χ0) is 14.1. The Bertz CT molecular complexity index is 528. The van der Waals surface area contributed by atoms with Crippen molar-refractivity contribution in [1.82, 2.24) is 0 Å². The second-order valence-corrected chi connectivity index (χ2v) is 3.70. The van der Waals surface area contributed by atoms with E-state index in [0.29, 0.717) is 5.71 Å². The van der Waals surface area contributed by atoms with Gasteiger partial charge in [0.1, 0.15) is 0 Å². The van der Waals surface area contributed by atoms with Gasteiger partial charge in [-0.15, -0.1) is 0 Å². The SMILES string of the molecule is CC(=O)O.[N-]=[N+]=C(c1ccccc1)c1ccccc1. The lowest BCUT2D eigenvalue weighted by molar-refractivity contribution is -0.134. The molecule has 0 aliphatic heterocycles. The van der Waals surface area contributed by atoms with E-state index in [1.54, 1.807) is 0 Å². The molecule has 2 rings (SSSR count). The lowest BCUT2D eigenvalue weighted by Crippen LogP contribution is -2.03. The van der Waals surface area contributed by atoms with E-state index in [9.17, 15) is 0 Å². The van der Waals surface area contributed by atoms with Gasteiger partial charge in [-0.25, -0.2) is 0 Å². The summed E-state index contributed by atoms with van der Waals surface area (Å²) >= 11 is 0. The van der Waals surface area contributed by atoms with Crippen LogP contribution in [0.3, 0.4) is 0 Å². The summed E-state index contributed by atoms with van der Waals surface area (Å²) in [6.45, 7) is 1.08. The Kier molecular flexibility index (Phi) is 5.73. The molecule has 0 aliphatic rings. The molecule has 0 heterocycles. The third kappa shape index (κ3) is 4.98. The molecule has 0 saturated carbocycles. The number of aliphatic carboxylic acids is 1. The maximum Gasteiger partial charge on any atom is 0.329 e. The highest BCUT2D eigenvalue weighted by molar-refractivity contribution is 6.09. The molecule has 4 nitrogen and oxygen atoms in total. The molecule has 0 unspecified atom stereocenters. The van der Waals surface area contributed by atoms with Crippen LogP contribution in [0.2, 0.25) is 0 Å². The molecule has 2 aromatic carbocycles. The van der Waals surface area contributed by atoms with Crippen molar-refractivity contribution in [3.05, 3.63) is 77.3 Å². The summed E-state index contributed by atoms with van der Waals surface area (Å²) in [5.74, 6) is -0.833. The highest BCUT2D eigenvalue weighted by Crippen LogP contribution is 2.08. The van der Waals surface area contributed by atoms with E-state index in [-0.39, 0.29) is 0 Å². The van der Waals surface area contributed by atoms with E-state index in [2.05, 4.69) is 4.79 Å². The summed E-state index contributed by atoms with van der Waals surface area (Å²) in [6, 6.07) is 19.2. The van der Waals surface area contributed by atoms with Crippen LogP contribution in [0.15, 0.2) is 60.7 Å². The number of carboxylic acids is 1. The molecule has 96 valence electrons. The largest absolute Gasteiger partial charge is 0.481 e. The summed E-state index contributed by atoms with van der Waals surface area (Å²) in [6.07, 6.45) is 0. The van der Waals surface area contributed by atoms with Crippen molar-refractivity contribution in [3.8, 4) is 0 Å². The molecular weight excluding hydrogens is 240 g/mol. The van der Waals surface area contributed by atoms with E-state index in [1.807, 2.05) is 60.7 Å². The summed E-state index contributed by atoms with van der Waals surface area (Å²) in [5.41, 5.74) is 11.4. The van der Waals surface area contributed by atoms with Gasteiger partial charge in [-0.2, -0.15) is 4.79 Å². The summed E-state index contributed by atoms with van der Waals surface area (Å²) < 4.78 is 0. The molecule has 0 aliphatic carbocycles. The molecular formula is C15H14N2O2. The fourth-order valence-electron chi connectivity index (χ4n) is 1.47. The van der Waals surface area contributed by atoms with Crippen molar-refractivity contribution in [1.29, 1.82) is 0 Å². The molecule has 0 saturated heterocycles. The van der Waals surface area contributed by atoms with Gasteiger partial charge in [-0.1, -0.05) is 36.4 Å². The van der Waals surface area contributed by atoms with Gasteiger partial charge in [0, 0.05) is 6.92 Å². The van der Waals surface area contributed by atoms with Crippen LogP contribution >= 0.6 is 0 Å². The highest BCUT2D eigenvalue weighted by atomic mass is 16.4. The van der Waals surface area contributed by atoms with Crippen LogP contribution < -0.4 is 0 Å². The minimum Gasteiger partial charge on any atom is -0.481 e. The lowest BCUT2D eigenvalue weighted by Gasteiger charge is -1.95. The van der Waals surface area contributed by atoms with Gasteiger partial charge >= 0.3 is 5.71 Å². The first-order valence-electron chi connectivity index (χ1n) is 5.67. The van der Waals surface area contributed by atoms with Crippen LogP contribution in [0.5, 0.6) is 0 Å². The van der Waals surface area contributed by atoms with Gasteiger partial charge < -0.3 is 10.6 Å². The highest BCUT2D eigenvalue weighted by Gasteiger charge is 2.13. The standard InChI is InChI=1S/C13H10N2.C2H4O2/c14-15-13(11-7-3-1-4-8-11)12-9-5-2-6-10-12;1-2(3)4/h1-10H;1H3,(H,3,4). The van der Waals surface area contributed by atoms with Crippen LogP contribution in [0, 0.1) is 0 Å². The fraction of sp³-hybridized carbons (Fsp3) is 0.0667. The molecule has 0 atom stereocenters. The van der Waals surface area contributed by atoms with Gasteiger partial charge in [0.15, 0.2) is 0 Å². The number of benzene rings is 2. The number of rotatable bonds is 2. The first kappa shape index (κ1) is 14.4. The first-order chi connectivity index (χ1) is 9.15. The molecule has 0 amide bonds. The molecule has 2 aromatic rings. The normalized spacial score (nSPS) is 8.68. The molecule has 0 fully saturated rings. The maximum absolute atomic E-state index is 9.02.